The van der Waals surface area contributed by atoms with Gasteiger partial charge in [0.2, 0.25) is 5.91 Å². The summed E-state index contributed by atoms with van der Waals surface area (Å²) >= 11 is 4.47. The SMILES string of the molecule is CC(C)CN(C(=O)Cc1csc(NC(=O)c2ccc(Br)o2)n1)C1CC1. The van der Waals surface area contributed by atoms with E-state index in [1.807, 2.05) is 10.3 Å². The number of thiazole rings is 1. The van der Waals surface area contributed by atoms with E-state index in [1.165, 1.54) is 11.3 Å². The number of nitrogens with zero attached hydrogens (tertiary/aromatic N) is 2. The summed E-state index contributed by atoms with van der Waals surface area (Å²) in [5, 5.41) is 4.96. The van der Waals surface area contributed by atoms with Crippen LogP contribution >= 0.6 is 27.3 Å². The van der Waals surface area contributed by atoms with Crippen molar-refractivity contribution in [3.63, 3.8) is 0 Å². The van der Waals surface area contributed by atoms with Crippen LogP contribution in [0.15, 0.2) is 26.6 Å². The van der Waals surface area contributed by atoms with Gasteiger partial charge in [0.25, 0.3) is 5.91 Å². The van der Waals surface area contributed by atoms with E-state index in [0.717, 1.165) is 19.4 Å². The van der Waals surface area contributed by atoms with E-state index >= 15 is 0 Å². The molecule has 2 amide bonds. The zero-order valence-electron chi connectivity index (χ0n) is 14.1. The molecule has 0 bridgehead atoms. The Morgan fingerprint density at radius 1 is 1.44 bits per heavy atom. The van der Waals surface area contributed by atoms with Crippen LogP contribution in [0, 0.1) is 5.92 Å². The van der Waals surface area contributed by atoms with Crippen LogP contribution in [0.3, 0.4) is 0 Å². The monoisotopic (exact) mass is 425 g/mol. The quantitative estimate of drug-likeness (QED) is 0.728. The molecule has 2 heterocycles. The van der Waals surface area contributed by atoms with Crippen molar-refractivity contribution in [1.82, 2.24) is 9.88 Å². The normalized spacial score (nSPS) is 13.9. The van der Waals surface area contributed by atoms with E-state index in [-0.39, 0.29) is 24.0 Å². The van der Waals surface area contributed by atoms with Crippen LogP contribution in [0.4, 0.5) is 5.13 Å². The van der Waals surface area contributed by atoms with Crippen molar-refractivity contribution in [3.8, 4) is 0 Å². The molecule has 2 aromatic heterocycles. The highest BCUT2D eigenvalue weighted by atomic mass is 79.9. The number of anilines is 1. The van der Waals surface area contributed by atoms with E-state index < -0.39 is 0 Å². The lowest BCUT2D eigenvalue weighted by Crippen LogP contribution is -2.37. The highest BCUT2D eigenvalue weighted by molar-refractivity contribution is 9.10. The average molecular weight is 426 g/mol. The Kier molecular flexibility index (Phi) is 5.58. The Bertz CT molecular complexity index is 767. The van der Waals surface area contributed by atoms with Crippen molar-refractivity contribution in [3.05, 3.63) is 33.6 Å². The molecule has 6 nitrogen and oxygen atoms in total. The van der Waals surface area contributed by atoms with E-state index in [0.29, 0.717) is 27.5 Å². The number of amides is 2. The highest BCUT2D eigenvalue weighted by Crippen LogP contribution is 2.28. The van der Waals surface area contributed by atoms with E-state index in [2.05, 4.69) is 40.1 Å². The van der Waals surface area contributed by atoms with Crippen molar-refractivity contribution in [2.75, 3.05) is 11.9 Å². The number of hydrogen-bond acceptors (Lipinski definition) is 5. The zero-order valence-corrected chi connectivity index (χ0v) is 16.5. The molecular weight excluding hydrogens is 406 g/mol. The molecule has 1 aliphatic carbocycles. The Balaban J connectivity index is 1.59. The summed E-state index contributed by atoms with van der Waals surface area (Å²) in [7, 11) is 0. The Morgan fingerprint density at radius 2 is 2.20 bits per heavy atom. The topological polar surface area (TPSA) is 75.4 Å². The predicted molar refractivity (Wildman–Crippen MR) is 99.8 cm³/mol. The van der Waals surface area contributed by atoms with Gasteiger partial charge in [-0.15, -0.1) is 11.3 Å². The smallest absolute Gasteiger partial charge is 0.293 e. The molecule has 0 saturated heterocycles. The van der Waals surface area contributed by atoms with Gasteiger partial charge in [-0.05, 0) is 46.8 Å². The zero-order chi connectivity index (χ0) is 18.0. The fourth-order valence-electron chi connectivity index (χ4n) is 2.53. The van der Waals surface area contributed by atoms with Crippen LogP contribution < -0.4 is 5.32 Å². The number of furan rings is 1. The van der Waals surface area contributed by atoms with Crippen LogP contribution in [0.5, 0.6) is 0 Å². The van der Waals surface area contributed by atoms with Crippen molar-refractivity contribution in [2.24, 2.45) is 5.92 Å². The molecule has 2 aromatic rings. The van der Waals surface area contributed by atoms with E-state index in [9.17, 15) is 9.59 Å². The molecule has 0 unspecified atom stereocenters. The largest absolute Gasteiger partial charge is 0.444 e. The summed E-state index contributed by atoms with van der Waals surface area (Å²) in [4.78, 5) is 30.9. The molecule has 1 N–H and O–H groups in total. The lowest BCUT2D eigenvalue weighted by Gasteiger charge is -2.24. The summed E-state index contributed by atoms with van der Waals surface area (Å²) < 4.78 is 5.71. The second-order valence-electron chi connectivity index (χ2n) is 6.55. The fourth-order valence-corrected chi connectivity index (χ4v) is 3.54. The maximum Gasteiger partial charge on any atom is 0.293 e. The molecule has 25 heavy (non-hydrogen) atoms. The number of rotatable bonds is 7. The van der Waals surface area contributed by atoms with Crippen LogP contribution in [-0.2, 0) is 11.2 Å². The first-order valence-corrected chi connectivity index (χ1v) is 9.90. The summed E-state index contributed by atoms with van der Waals surface area (Å²) in [5.41, 5.74) is 0.681. The first kappa shape index (κ1) is 18.1. The number of carbonyl (C=O) groups excluding carboxylic acids is 2. The van der Waals surface area contributed by atoms with Crippen molar-refractivity contribution < 1.29 is 14.0 Å². The van der Waals surface area contributed by atoms with Gasteiger partial charge < -0.3 is 9.32 Å². The fraction of sp³-hybridized carbons (Fsp3) is 0.471. The van der Waals surface area contributed by atoms with Gasteiger partial charge in [0.15, 0.2) is 15.6 Å². The summed E-state index contributed by atoms with van der Waals surface area (Å²) in [6.45, 7) is 5.02. The van der Waals surface area contributed by atoms with Crippen LogP contribution in [-0.4, -0.2) is 34.3 Å². The van der Waals surface area contributed by atoms with E-state index in [4.69, 9.17) is 4.42 Å². The number of nitrogens with one attached hydrogen (secondary N) is 1. The van der Waals surface area contributed by atoms with Gasteiger partial charge >= 0.3 is 0 Å². The molecule has 0 aromatic carbocycles. The number of halogens is 1. The standard InChI is InChI=1S/C17H20BrN3O3S/c1-10(2)8-21(12-3-4-12)15(22)7-11-9-25-17(19-11)20-16(23)13-5-6-14(18)24-13/h5-6,9-10,12H,3-4,7-8H2,1-2H3,(H,19,20,23). The Labute approximate surface area is 158 Å². The average Bonchev–Trinajstić information content (AvgIpc) is 3.15. The Hall–Kier alpha value is -1.67. The summed E-state index contributed by atoms with van der Waals surface area (Å²) in [5.74, 6) is 0.394. The number of hydrogen-bond donors (Lipinski definition) is 1. The maximum atomic E-state index is 12.6. The molecular formula is C17H20BrN3O3S. The van der Waals surface area contributed by atoms with Crippen molar-refractivity contribution in [2.45, 2.75) is 39.2 Å². The maximum absolute atomic E-state index is 12.6. The molecule has 1 aliphatic rings. The molecule has 0 radical (unpaired) electrons. The van der Waals surface area contributed by atoms with Gasteiger partial charge in [-0.25, -0.2) is 4.98 Å². The van der Waals surface area contributed by atoms with Crippen LogP contribution in [0.2, 0.25) is 0 Å². The molecule has 0 atom stereocenters. The molecule has 1 fully saturated rings. The Morgan fingerprint density at radius 3 is 2.80 bits per heavy atom. The second-order valence-corrected chi connectivity index (χ2v) is 8.19. The van der Waals surface area contributed by atoms with Gasteiger partial charge in [-0.3, -0.25) is 14.9 Å². The second kappa shape index (κ2) is 7.70. The summed E-state index contributed by atoms with van der Waals surface area (Å²) in [6, 6.07) is 3.63. The van der Waals surface area contributed by atoms with Gasteiger partial charge in [0, 0.05) is 18.0 Å². The van der Waals surface area contributed by atoms with Gasteiger partial charge in [0.05, 0.1) is 12.1 Å². The minimum Gasteiger partial charge on any atom is -0.444 e. The van der Waals surface area contributed by atoms with Gasteiger partial charge in [-0.1, -0.05) is 13.8 Å². The third-order valence-corrected chi connectivity index (χ3v) is 5.00. The lowest BCUT2D eigenvalue weighted by atomic mass is 10.2. The molecule has 1 saturated carbocycles. The predicted octanol–water partition coefficient (Wildman–Crippen LogP) is 3.94. The third-order valence-electron chi connectivity index (χ3n) is 3.77. The molecule has 3 rings (SSSR count). The van der Waals surface area contributed by atoms with Gasteiger partial charge in [-0.2, -0.15) is 0 Å². The van der Waals surface area contributed by atoms with E-state index in [1.54, 1.807) is 12.1 Å². The van der Waals surface area contributed by atoms with Crippen molar-refractivity contribution in [1.29, 1.82) is 0 Å². The number of carbonyl (C=O) groups is 2. The molecule has 134 valence electrons. The molecule has 8 heteroatoms. The molecule has 0 aliphatic heterocycles. The highest BCUT2D eigenvalue weighted by Gasteiger charge is 2.32. The minimum absolute atomic E-state index is 0.106. The van der Waals surface area contributed by atoms with Crippen LogP contribution in [0.25, 0.3) is 0 Å². The number of aromatic nitrogens is 1. The molecule has 0 spiro atoms. The van der Waals surface area contributed by atoms with Crippen molar-refractivity contribution >= 4 is 44.2 Å². The van der Waals surface area contributed by atoms with Gasteiger partial charge in [0.1, 0.15) is 0 Å². The first-order chi connectivity index (χ1) is 11.9. The summed E-state index contributed by atoms with van der Waals surface area (Å²) in [6.07, 6.45) is 2.45. The first-order valence-electron chi connectivity index (χ1n) is 8.23. The van der Waals surface area contributed by atoms with Crippen LogP contribution in [0.1, 0.15) is 42.9 Å². The minimum atomic E-state index is -0.364. The lowest BCUT2D eigenvalue weighted by molar-refractivity contribution is -0.131. The third kappa shape index (κ3) is 4.92.